The van der Waals surface area contributed by atoms with E-state index in [1.54, 1.807) is 0 Å². The monoisotopic (exact) mass is 236 g/mol. The summed E-state index contributed by atoms with van der Waals surface area (Å²) < 4.78 is 13.3. The highest BCUT2D eigenvalue weighted by atomic mass is 19.1. The van der Waals surface area contributed by atoms with Crippen LogP contribution in [0.3, 0.4) is 0 Å². The summed E-state index contributed by atoms with van der Waals surface area (Å²) in [5.41, 5.74) is 1.68. The number of nitrogens with zero attached hydrogens (tertiary/aromatic N) is 2. The predicted octanol–water partition coefficient (Wildman–Crippen LogP) is 3.92. The molecule has 0 aliphatic carbocycles. The van der Waals surface area contributed by atoms with E-state index < -0.39 is 0 Å². The summed E-state index contributed by atoms with van der Waals surface area (Å²) in [6, 6.07) is 2.02. The highest BCUT2D eigenvalue weighted by Gasteiger charge is 2.13. The molecule has 94 valence electrons. The SMILES string of the molecule is CC/C(=C\C(CC#N)=C(/C)F)N1CCCCC1. The van der Waals surface area contributed by atoms with Crippen LogP contribution >= 0.6 is 0 Å². The number of hydrogen-bond acceptors (Lipinski definition) is 2. The quantitative estimate of drug-likeness (QED) is 0.692. The number of likely N-dealkylation sites (tertiary alicyclic amines) is 1. The van der Waals surface area contributed by atoms with Crippen molar-refractivity contribution in [2.75, 3.05) is 13.1 Å². The predicted molar refractivity (Wildman–Crippen MR) is 67.8 cm³/mol. The van der Waals surface area contributed by atoms with Crippen LogP contribution in [-0.2, 0) is 0 Å². The van der Waals surface area contributed by atoms with E-state index in [9.17, 15) is 4.39 Å². The van der Waals surface area contributed by atoms with Gasteiger partial charge in [0, 0.05) is 18.8 Å². The molecule has 0 amide bonds. The molecule has 0 bridgehead atoms. The van der Waals surface area contributed by atoms with Crippen molar-refractivity contribution in [2.24, 2.45) is 0 Å². The van der Waals surface area contributed by atoms with Crippen LogP contribution in [0.1, 0.15) is 46.0 Å². The number of nitriles is 1. The summed E-state index contributed by atoms with van der Waals surface area (Å²) >= 11 is 0. The Bertz CT molecular complexity index is 340. The van der Waals surface area contributed by atoms with Gasteiger partial charge in [-0.15, -0.1) is 0 Å². The van der Waals surface area contributed by atoms with Gasteiger partial charge in [0.15, 0.2) is 0 Å². The molecule has 1 fully saturated rings. The number of piperidine rings is 1. The van der Waals surface area contributed by atoms with E-state index in [1.807, 2.05) is 12.1 Å². The molecule has 0 saturated carbocycles. The zero-order valence-corrected chi connectivity index (χ0v) is 10.8. The van der Waals surface area contributed by atoms with Gasteiger partial charge in [-0.25, -0.2) is 4.39 Å². The zero-order valence-electron chi connectivity index (χ0n) is 10.8. The average Bonchev–Trinajstić information content (AvgIpc) is 2.35. The van der Waals surface area contributed by atoms with Gasteiger partial charge in [-0.05, 0) is 44.3 Å². The molecule has 0 N–H and O–H groups in total. The second kappa shape index (κ2) is 7.11. The van der Waals surface area contributed by atoms with Gasteiger partial charge in [-0.3, -0.25) is 0 Å². The lowest BCUT2D eigenvalue weighted by molar-refractivity contribution is 0.278. The van der Waals surface area contributed by atoms with E-state index in [2.05, 4.69) is 11.8 Å². The van der Waals surface area contributed by atoms with Crippen molar-refractivity contribution in [1.29, 1.82) is 5.26 Å². The summed E-state index contributed by atoms with van der Waals surface area (Å²) in [5.74, 6) is -0.241. The van der Waals surface area contributed by atoms with E-state index in [-0.39, 0.29) is 12.2 Å². The Hall–Kier alpha value is -1.30. The van der Waals surface area contributed by atoms with Gasteiger partial charge in [0.05, 0.1) is 12.5 Å². The summed E-state index contributed by atoms with van der Waals surface area (Å²) in [5, 5.41) is 8.69. The first-order valence-corrected chi connectivity index (χ1v) is 6.36. The second-order valence-corrected chi connectivity index (χ2v) is 4.43. The number of halogens is 1. The van der Waals surface area contributed by atoms with Gasteiger partial charge in [-0.1, -0.05) is 6.92 Å². The molecule has 3 heteroatoms. The summed E-state index contributed by atoms with van der Waals surface area (Å²) in [6.07, 6.45) is 6.62. The van der Waals surface area contributed by atoms with Gasteiger partial charge in [-0.2, -0.15) is 5.26 Å². The van der Waals surface area contributed by atoms with Crippen LogP contribution in [0.15, 0.2) is 23.2 Å². The fourth-order valence-electron chi connectivity index (χ4n) is 2.16. The van der Waals surface area contributed by atoms with Gasteiger partial charge < -0.3 is 4.90 Å². The lowest BCUT2D eigenvalue weighted by Crippen LogP contribution is -2.28. The normalized spacial score (nSPS) is 18.7. The maximum absolute atomic E-state index is 13.3. The molecule has 1 heterocycles. The van der Waals surface area contributed by atoms with Crippen molar-refractivity contribution < 1.29 is 4.39 Å². The third-order valence-electron chi connectivity index (χ3n) is 3.18. The lowest BCUT2D eigenvalue weighted by Gasteiger charge is -2.31. The third-order valence-corrected chi connectivity index (χ3v) is 3.18. The summed E-state index contributed by atoms with van der Waals surface area (Å²) in [4.78, 5) is 2.32. The van der Waals surface area contributed by atoms with Gasteiger partial charge in [0.1, 0.15) is 5.83 Å². The van der Waals surface area contributed by atoms with Crippen LogP contribution in [0.25, 0.3) is 0 Å². The van der Waals surface area contributed by atoms with Gasteiger partial charge in [0.2, 0.25) is 0 Å². The Balaban J connectivity index is 2.84. The summed E-state index contributed by atoms with van der Waals surface area (Å²) in [7, 11) is 0. The van der Waals surface area contributed by atoms with Crippen molar-refractivity contribution in [1.82, 2.24) is 4.90 Å². The van der Waals surface area contributed by atoms with E-state index in [1.165, 1.54) is 26.2 Å². The smallest absolute Gasteiger partial charge is 0.101 e. The van der Waals surface area contributed by atoms with Crippen LogP contribution < -0.4 is 0 Å². The van der Waals surface area contributed by atoms with Crippen molar-refractivity contribution in [3.63, 3.8) is 0 Å². The Morgan fingerprint density at radius 1 is 1.35 bits per heavy atom. The molecular weight excluding hydrogens is 215 g/mol. The molecule has 0 unspecified atom stereocenters. The van der Waals surface area contributed by atoms with Crippen molar-refractivity contribution in [3.8, 4) is 6.07 Å². The Labute approximate surface area is 103 Å². The van der Waals surface area contributed by atoms with E-state index in [0.29, 0.717) is 5.57 Å². The van der Waals surface area contributed by atoms with E-state index >= 15 is 0 Å². The van der Waals surface area contributed by atoms with Crippen LogP contribution in [0, 0.1) is 11.3 Å². The maximum Gasteiger partial charge on any atom is 0.101 e. The number of allylic oxidation sites excluding steroid dienone is 4. The highest BCUT2D eigenvalue weighted by Crippen LogP contribution is 2.21. The minimum Gasteiger partial charge on any atom is -0.375 e. The first-order chi connectivity index (χ1) is 8.19. The topological polar surface area (TPSA) is 27.0 Å². The molecule has 1 aliphatic rings. The van der Waals surface area contributed by atoms with E-state index in [4.69, 9.17) is 5.26 Å². The molecule has 0 aromatic carbocycles. The zero-order chi connectivity index (χ0) is 12.7. The molecule has 2 nitrogen and oxygen atoms in total. The van der Waals surface area contributed by atoms with E-state index in [0.717, 1.165) is 25.2 Å². The molecule has 1 rings (SSSR count). The fraction of sp³-hybridized carbons (Fsp3) is 0.643. The molecule has 1 saturated heterocycles. The molecule has 1 aliphatic heterocycles. The van der Waals surface area contributed by atoms with Crippen LogP contribution in [0.5, 0.6) is 0 Å². The molecule has 0 radical (unpaired) electrons. The minimum absolute atomic E-state index is 0.152. The number of hydrogen-bond donors (Lipinski definition) is 0. The molecule has 0 spiro atoms. The lowest BCUT2D eigenvalue weighted by atomic mass is 10.1. The van der Waals surface area contributed by atoms with Crippen LogP contribution in [0.4, 0.5) is 4.39 Å². The second-order valence-electron chi connectivity index (χ2n) is 4.43. The van der Waals surface area contributed by atoms with Crippen molar-refractivity contribution >= 4 is 0 Å². The minimum atomic E-state index is -0.241. The standard InChI is InChI=1S/C14H21FN2/c1-3-14(17-9-5-4-6-10-17)11-13(7-8-16)12(2)15/h11H,3-7,9-10H2,1-2H3/b13-12+,14-11+. The number of rotatable bonds is 4. The third kappa shape index (κ3) is 4.22. The van der Waals surface area contributed by atoms with Gasteiger partial charge >= 0.3 is 0 Å². The Morgan fingerprint density at radius 3 is 2.47 bits per heavy atom. The molecule has 0 aromatic heterocycles. The highest BCUT2D eigenvalue weighted by molar-refractivity contribution is 5.28. The maximum atomic E-state index is 13.3. The first-order valence-electron chi connectivity index (χ1n) is 6.36. The molecule has 0 atom stereocenters. The van der Waals surface area contributed by atoms with Crippen molar-refractivity contribution in [3.05, 3.63) is 23.2 Å². The summed E-state index contributed by atoms with van der Waals surface area (Å²) in [6.45, 7) is 5.63. The Kier molecular flexibility index (Phi) is 5.76. The average molecular weight is 236 g/mol. The first kappa shape index (κ1) is 13.8. The molecular formula is C14H21FN2. The van der Waals surface area contributed by atoms with Crippen LogP contribution in [0.2, 0.25) is 0 Å². The van der Waals surface area contributed by atoms with Crippen molar-refractivity contribution in [2.45, 2.75) is 46.0 Å². The van der Waals surface area contributed by atoms with Gasteiger partial charge in [0.25, 0.3) is 0 Å². The molecule has 0 aromatic rings. The fourth-order valence-corrected chi connectivity index (χ4v) is 2.16. The van der Waals surface area contributed by atoms with Crippen LogP contribution in [-0.4, -0.2) is 18.0 Å². The molecule has 17 heavy (non-hydrogen) atoms. The Morgan fingerprint density at radius 2 is 2.00 bits per heavy atom. The largest absolute Gasteiger partial charge is 0.375 e.